The Hall–Kier alpha value is -2.69. The van der Waals surface area contributed by atoms with Crippen molar-refractivity contribution in [3.05, 3.63) is 54.4 Å². The lowest BCUT2D eigenvalue weighted by atomic mass is 9.98. The summed E-state index contributed by atoms with van der Waals surface area (Å²) >= 11 is 0. The molecule has 28 heavy (non-hydrogen) atoms. The van der Waals surface area contributed by atoms with Crippen LogP contribution < -0.4 is 0 Å². The largest absolute Gasteiger partial charge is 0.339 e. The summed E-state index contributed by atoms with van der Waals surface area (Å²) in [5.41, 5.74) is 3.31. The Labute approximate surface area is 167 Å². The number of carbonyl (C=O) groups is 2. The lowest BCUT2D eigenvalue weighted by molar-refractivity contribution is -0.151. The van der Waals surface area contributed by atoms with Crippen LogP contribution in [0.1, 0.15) is 38.7 Å². The molecule has 0 saturated carbocycles. The number of aromatic nitrogens is 1. The zero-order valence-electron chi connectivity index (χ0n) is 16.8. The number of hydrogen-bond donors (Lipinski definition) is 0. The highest BCUT2D eigenvalue weighted by Crippen LogP contribution is 2.22. The molecule has 1 aromatic carbocycles. The van der Waals surface area contributed by atoms with Crippen LogP contribution in [0.5, 0.6) is 0 Å². The van der Waals surface area contributed by atoms with Crippen LogP contribution in [0, 0.1) is 0 Å². The van der Waals surface area contributed by atoms with Gasteiger partial charge in [-0.25, -0.2) is 0 Å². The molecule has 2 aromatic rings. The third kappa shape index (κ3) is 4.58. The van der Waals surface area contributed by atoms with Gasteiger partial charge in [-0.1, -0.05) is 38.1 Å². The summed E-state index contributed by atoms with van der Waals surface area (Å²) in [6.07, 6.45) is 6.36. The van der Waals surface area contributed by atoms with Gasteiger partial charge in [0.2, 0.25) is 11.8 Å². The molecule has 0 aliphatic carbocycles. The van der Waals surface area contributed by atoms with Gasteiger partial charge in [0.05, 0.1) is 0 Å². The number of nitrogens with zero attached hydrogens (tertiary/aromatic N) is 3. The van der Waals surface area contributed by atoms with E-state index < -0.39 is 6.04 Å². The van der Waals surface area contributed by atoms with Crippen molar-refractivity contribution in [3.8, 4) is 11.1 Å². The smallest absolute Gasteiger partial charge is 0.245 e. The average Bonchev–Trinajstić information content (AvgIpc) is 2.72. The zero-order valence-corrected chi connectivity index (χ0v) is 16.8. The molecule has 1 aliphatic rings. The predicted molar refractivity (Wildman–Crippen MR) is 111 cm³/mol. The Morgan fingerprint density at radius 3 is 2.32 bits per heavy atom. The van der Waals surface area contributed by atoms with Gasteiger partial charge in [0.1, 0.15) is 6.04 Å². The molecule has 0 N–H and O–H groups in total. The van der Waals surface area contributed by atoms with Crippen molar-refractivity contribution in [2.75, 3.05) is 19.6 Å². The third-order valence-electron chi connectivity index (χ3n) is 5.26. The predicted octanol–water partition coefficient (Wildman–Crippen LogP) is 3.54. The number of rotatable bonds is 7. The van der Waals surface area contributed by atoms with Crippen LogP contribution in [0.4, 0.5) is 0 Å². The second-order valence-corrected chi connectivity index (χ2v) is 7.32. The van der Waals surface area contributed by atoms with Gasteiger partial charge in [0, 0.05) is 44.9 Å². The first-order valence-electron chi connectivity index (χ1n) is 10.2. The van der Waals surface area contributed by atoms with Crippen molar-refractivity contribution in [2.45, 2.75) is 45.6 Å². The molecule has 1 fully saturated rings. The minimum absolute atomic E-state index is 0.0794. The van der Waals surface area contributed by atoms with Gasteiger partial charge in [-0.3, -0.25) is 14.6 Å². The van der Waals surface area contributed by atoms with Gasteiger partial charge in [0.15, 0.2) is 0 Å². The third-order valence-corrected chi connectivity index (χ3v) is 5.26. The van der Waals surface area contributed by atoms with Crippen molar-refractivity contribution in [3.63, 3.8) is 0 Å². The normalized spacial score (nSPS) is 17.1. The molecule has 1 unspecified atom stereocenters. The summed E-state index contributed by atoms with van der Waals surface area (Å²) in [7, 11) is 0. The summed E-state index contributed by atoms with van der Waals surface area (Å²) in [6, 6.07) is 11.8. The van der Waals surface area contributed by atoms with Crippen LogP contribution in [-0.4, -0.2) is 52.3 Å². The van der Waals surface area contributed by atoms with E-state index in [-0.39, 0.29) is 11.8 Å². The second kappa shape index (κ2) is 9.49. The molecule has 5 heteroatoms. The van der Waals surface area contributed by atoms with E-state index in [1.165, 1.54) is 0 Å². The van der Waals surface area contributed by atoms with Gasteiger partial charge >= 0.3 is 0 Å². The van der Waals surface area contributed by atoms with E-state index in [2.05, 4.69) is 36.2 Å². The molecule has 0 radical (unpaired) electrons. The highest BCUT2D eigenvalue weighted by atomic mass is 16.2. The summed E-state index contributed by atoms with van der Waals surface area (Å²) in [6.45, 7) is 6.10. The van der Waals surface area contributed by atoms with Crippen molar-refractivity contribution < 1.29 is 9.59 Å². The Bertz CT molecular complexity index is 789. The fourth-order valence-corrected chi connectivity index (χ4v) is 3.78. The topological polar surface area (TPSA) is 53.5 Å². The van der Waals surface area contributed by atoms with E-state index in [0.29, 0.717) is 25.9 Å². The first kappa shape index (κ1) is 20.1. The number of carbonyl (C=O) groups excluding carboxylic acids is 2. The zero-order chi connectivity index (χ0) is 19.9. The van der Waals surface area contributed by atoms with Crippen molar-refractivity contribution in [2.24, 2.45) is 0 Å². The number of amides is 2. The lowest BCUT2D eigenvalue weighted by Crippen LogP contribution is -2.59. The minimum Gasteiger partial charge on any atom is -0.339 e. The van der Waals surface area contributed by atoms with Gasteiger partial charge in [-0.05, 0) is 41.7 Å². The van der Waals surface area contributed by atoms with Crippen molar-refractivity contribution in [1.29, 1.82) is 0 Å². The maximum absolute atomic E-state index is 13.1. The van der Waals surface area contributed by atoms with E-state index >= 15 is 0 Å². The van der Waals surface area contributed by atoms with E-state index in [1.54, 1.807) is 17.3 Å². The molecular formula is C23H29N3O2. The van der Waals surface area contributed by atoms with Crippen LogP contribution in [0.2, 0.25) is 0 Å². The summed E-state index contributed by atoms with van der Waals surface area (Å²) in [4.78, 5) is 33.4. The summed E-state index contributed by atoms with van der Waals surface area (Å²) in [5, 5.41) is 0. The SMILES string of the molecule is CCCC(=O)N1CCN(CCC)C(=O)C1Cc1ccc(-c2ccncc2)cc1. The van der Waals surface area contributed by atoms with Crippen LogP contribution in [0.25, 0.3) is 11.1 Å². The van der Waals surface area contributed by atoms with Crippen LogP contribution in [0.15, 0.2) is 48.8 Å². The maximum atomic E-state index is 13.1. The summed E-state index contributed by atoms with van der Waals surface area (Å²) in [5.74, 6) is 0.168. The number of piperazine rings is 1. The van der Waals surface area contributed by atoms with Crippen molar-refractivity contribution >= 4 is 11.8 Å². The molecule has 5 nitrogen and oxygen atoms in total. The average molecular weight is 380 g/mol. The lowest BCUT2D eigenvalue weighted by Gasteiger charge is -2.41. The van der Waals surface area contributed by atoms with E-state index in [1.807, 2.05) is 24.0 Å². The fourth-order valence-electron chi connectivity index (χ4n) is 3.78. The molecule has 1 aromatic heterocycles. The molecule has 2 amide bonds. The number of benzene rings is 1. The van der Waals surface area contributed by atoms with Crippen LogP contribution in [-0.2, 0) is 16.0 Å². The Balaban J connectivity index is 1.79. The Morgan fingerprint density at radius 1 is 1.00 bits per heavy atom. The molecule has 2 heterocycles. The fraction of sp³-hybridized carbons (Fsp3) is 0.435. The number of pyridine rings is 1. The molecule has 0 bridgehead atoms. The Kier molecular flexibility index (Phi) is 6.80. The molecule has 148 valence electrons. The molecule has 1 aliphatic heterocycles. The van der Waals surface area contributed by atoms with Gasteiger partial charge < -0.3 is 9.80 Å². The van der Waals surface area contributed by atoms with Crippen molar-refractivity contribution in [1.82, 2.24) is 14.8 Å². The minimum atomic E-state index is -0.397. The van der Waals surface area contributed by atoms with Gasteiger partial charge in [-0.2, -0.15) is 0 Å². The van der Waals surface area contributed by atoms with Crippen LogP contribution >= 0.6 is 0 Å². The molecule has 1 atom stereocenters. The van der Waals surface area contributed by atoms with E-state index in [0.717, 1.165) is 36.1 Å². The first-order valence-corrected chi connectivity index (χ1v) is 10.2. The highest BCUT2D eigenvalue weighted by Gasteiger charge is 2.36. The first-order chi connectivity index (χ1) is 13.6. The van der Waals surface area contributed by atoms with Gasteiger partial charge in [0.25, 0.3) is 0 Å². The van der Waals surface area contributed by atoms with Crippen LogP contribution in [0.3, 0.4) is 0 Å². The highest BCUT2D eigenvalue weighted by molar-refractivity contribution is 5.89. The monoisotopic (exact) mass is 379 g/mol. The molecule has 1 saturated heterocycles. The Morgan fingerprint density at radius 2 is 1.68 bits per heavy atom. The van der Waals surface area contributed by atoms with Gasteiger partial charge in [-0.15, -0.1) is 0 Å². The maximum Gasteiger partial charge on any atom is 0.245 e. The summed E-state index contributed by atoms with van der Waals surface area (Å²) < 4.78 is 0. The molecular weight excluding hydrogens is 350 g/mol. The van der Waals surface area contributed by atoms with E-state index in [4.69, 9.17) is 0 Å². The standard InChI is InChI=1S/C23H29N3O2/c1-3-5-22(27)26-16-15-25(14-4-2)23(28)21(26)17-18-6-8-19(9-7-18)20-10-12-24-13-11-20/h6-13,21H,3-5,14-17H2,1-2H3. The second-order valence-electron chi connectivity index (χ2n) is 7.32. The molecule has 3 rings (SSSR count). The quantitative estimate of drug-likeness (QED) is 0.739. The number of hydrogen-bond acceptors (Lipinski definition) is 3. The molecule has 0 spiro atoms. The van der Waals surface area contributed by atoms with E-state index in [9.17, 15) is 9.59 Å².